The summed E-state index contributed by atoms with van der Waals surface area (Å²) in [4.78, 5) is 22.4. The lowest BCUT2D eigenvalue weighted by Gasteiger charge is -2.19. The van der Waals surface area contributed by atoms with Crippen molar-refractivity contribution in [3.8, 4) is 23.0 Å². The van der Waals surface area contributed by atoms with E-state index in [1.54, 1.807) is 19.2 Å². The summed E-state index contributed by atoms with van der Waals surface area (Å²) in [6.07, 6.45) is 1.62. The summed E-state index contributed by atoms with van der Waals surface area (Å²) in [6.45, 7) is 5.61. The predicted molar refractivity (Wildman–Crippen MR) is 133 cm³/mol. The molecule has 3 aromatic heterocycles. The van der Waals surface area contributed by atoms with Crippen molar-refractivity contribution in [2.75, 3.05) is 5.73 Å². The fraction of sp³-hybridized carbons (Fsp3) is 0.167. The van der Waals surface area contributed by atoms with Crippen molar-refractivity contribution in [3.63, 3.8) is 0 Å². The van der Waals surface area contributed by atoms with Crippen molar-refractivity contribution in [2.24, 2.45) is 0 Å². The highest BCUT2D eigenvalue weighted by Gasteiger charge is 2.26. The van der Waals surface area contributed by atoms with Crippen molar-refractivity contribution in [2.45, 2.75) is 26.7 Å². The van der Waals surface area contributed by atoms with Gasteiger partial charge in [0.05, 0.1) is 37.8 Å². The van der Waals surface area contributed by atoms with E-state index in [0.29, 0.717) is 22.3 Å². The lowest BCUT2D eigenvalue weighted by molar-refractivity contribution is 0.513. The highest BCUT2D eigenvalue weighted by atomic mass is 35.5. The van der Waals surface area contributed by atoms with Crippen molar-refractivity contribution >= 4 is 51.5 Å². The zero-order valence-corrected chi connectivity index (χ0v) is 20.8. The summed E-state index contributed by atoms with van der Waals surface area (Å²) in [6, 6.07) is 6.40. The molecule has 11 heteroatoms. The summed E-state index contributed by atoms with van der Waals surface area (Å²) in [5, 5.41) is 8.86. The van der Waals surface area contributed by atoms with Gasteiger partial charge < -0.3 is 5.73 Å². The van der Waals surface area contributed by atoms with Gasteiger partial charge in [-0.2, -0.15) is 5.26 Å². The predicted octanol–water partition coefficient (Wildman–Crippen LogP) is 6.57. The van der Waals surface area contributed by atoms with Gasteiger partial charge in [0.25, 0.3) is 5.56 Å². The molecule has 4 aromatic rings. The number of nitrogens with two attached hydrogens (primary N) is 1. The van der Waals surface area contributed by atoms with Gasteiger partial charge in [0.15, 0.2) is 11.6 Å². The SMILES string of the molecule is Cc1ccnc(C(C)C)c1-n1c(=O)c(C#N)cc2cc(Cl)c(-c3c(Cl)c(N)c(F)c(F)c3Cl)nc21. The standard InChI is InChI=1S/C24H16Cl3F2N5O/c1-9(2)20-22(10(3)4-5-32-20)34-23-11(6-12(8-30)24(34)35)7-13(25)21(33-23)14-15(26)17(28)18(29)19(31)16(14)27/h4-7,9H,31H2,1-3H3. The molecule has 4 rings (SSSR count). The number of benzene rings is 1. The van der Waals surface area contributed by atoms with Gasteiger partial charge in [0, 0.05) is 17.1 Å². The molecule has 0 spiro atoms. The maximum absolute atomic E-state index is 14.4. The Hall–Kier alpha value is -3.25. The number of pyridine rings is 3. The first-order chi connectivity index (χ1) is 16.5. The maximum atomic E-state index is 14.4. The van der Waals surface area contributed by atoms with E-state index < -0.39 is 27.9 Å². The van der Waals surface area contributed by atoms with Crippen LogP contribution < -0.4 is 11.3 Å². The molecule has 2 N–H and O–H groups in total. The monoisotopic (exact) mass is 533 g/mol. The van der Waals surface area contributed by atoms with Crippen molar-refractivity contribution in [3.05, 3.63) is 78.3 Å². The van der Waals surface area contributed by atoms with Gasteiger partial charge in [-0.1, -0.05) is 48.7 Å². The molecule has 0 unspecified atom stereocenters. The second kappa shape index (κ2) is 9.08. The van der Waals surface area contributed by atoms with E-state index in [-0.39, 0.29) is 38.4 Å². The molecule has 178 valence electrons. The molecule has 0 saturated carbocycles. The Bertz CT molecular complexity index is 1610. The maximum Gasteiger partial charge on any atom is 0.274 e. The summed E-state index contributed by atoms with van der Waals surface area (Å²) in [5.74, 6) is -2.90. The summed E-state index contributed by atoms with van der Waals surface area (Å²) >= 11 is 18.8. The van der Waals surface area contributed by atoms with Gasteiger partial charge >= 0.3 is 0 Å². The van der Waals surface area contributed by atoms with Gasteiger partial charge in [-0.3, -0.25) is 14.3 Å². The average molecular weight is 535 g/mol. The number of nitrogen functional groups attached to an aromatic ring is 1. The molecule has 0 amide bonds. The second-order valence-corrected chi connectivity index (χ2v) is 9.27. The lowest BCUT2D eigenvalue weighted by Crippen LogP contribution is -2.25. The van der Waals surface area contributed by atoms with Crippen molar-refractivity contribution in [1.82, 2.24) is 14.5 Å². The molecule has 0 atom stereocenters. The normalized spacial score (nSPS) is 11.3. The molecule has 0 aliphatic rings. The van der Waals surface area contributed by atoms with Crippen LogP contribution in [0.25, 0.3) is 28.0 Å². The van der Waals surface area contributed by atoms with E-state index in [2.05, 4.69) is 9.97 Å². The lowest BCUT2D eigenvalue weighted by atomic mass is 10.0. The van der Waals surface area contributed by atoms with Crippen LogP contribution in [-0.2, 0) is 0 Å². The van der Waals surface area contributed by atoms with Gasteiger partial charge in [-0.15, -0.1) is 0 Å². The molecule has 3 heterocycles. The molecular weight excluding hydrogens is 519 g/mol. The third-order valence-corrected chi connectivity index (χ3v) is 6.54. The van der Waals surface area contributed by atoms with E-state index in [9.17, 15) is 18.8 Å². The molecule has 0 saturated heterocycles. The van der Waals surface area contributed by atoms with Crippen LogP contribution in [0.3, 0.4) is 0 Å². The Balaban J connectivity index is 2.23. The van der Waals surface area contributed by atoms with Crippen LogP contribution in [0.2, 0.25) is 15.1 Å². The van der Waals surface area contributed by atoms with E-state index in [0.717, 1.165) is 0 Å². The molecule has 0 aliphatic heterocycles. The van der Waals surface area contributed by atoms with E-state index in [4.69, 9.17) is 40.5 Å². The van der Waals surface area contributed by atoms with Gasteiger partial charge in [-0.25, -0.2) is 13.8 Å². The molecule has 6 nitrogen and oxygen atoms in total. The topological polar surface area (TPSA) is 97.6 Å². The Labute approximate surface area is 213 Å². The molecule has 1 aromatic carbocycles. The number of nitriles is 1. The van der Waals surface area contributed by atoms with Crippen molar-refractivity contribution in [1.29, 1.82) is 5.26 Å². The van der Waals surface area contributed by atoms with E-state index >= 15 is 0 Å². The Morgan fingerprint density at radius 2 is 1.83 bits per heavy atom. The van der Waals surface area contributed by atoms with Crippen LogP contribution in [0, 0.1) is 29.9 Å². The molecular formula is C24H16Cl3F2N5O. The van der Waals surface area contributed by atoms with E-state index in [1.165, 1.54) is 16.7 Å². The Morgan fingerprint density at radius 1 is 1.14 bits per heavy atom. The average Bonchev–Trinajstić information content (AvgIpc) is 2.82. The smallest absolute Gasteiger partial charge is 0.274 e. The van der Waals surface area contributed by atoms with Crippen LogP contribution in [0.4, 0.5) is 14.5 Å². The summed E-state index contributed by atoms with van der Waals surface area (Å²) < 4.78 is 29.8. The van der Waals surface area contributed by atoms with E-state index in [1.807, 2.05) is 19.9 Å². The summed E-state index contributed by atoms with van der Waals surface area (Å²) in [7, 11) is 0. The number of fused-ring (bicyclic) bond motifs is 1. The number of hydrogen-bond donors (Lipinski definition) is 1. The third kappa shape index (κ3) is 3.90. The molecule has 0 radical (unpaired) electrons. The Morgan fingerprint density at radius 3 is 2.46 bits per heavy atom. The number of rotatable bonds is 3. The molecule has 0 aliphatic carbocycles. The van der Waals surface area contributed by atoms with Crippen LogP contribution in [0.5, 0.6) is 0 Å². The zero-order chi connectivity index (χ0) is 25.8. The first-order valence-electron chi connectivity index (χ1n) is 10.2. The largest absolute Gasteiger partial charge is 0.395 e. The molecule has 0 fully saturated rings. The number of aromatic nitrogens is 3. The minimum absolute atomic E-state index is 0.0345. The fourth-order valence-corrected chi connectivity index (χ4v) is 4.66. The zero-order valence-electron chi connectivity index (χ0n) is 18.6. The highest BCUT2D eigenvalue weighted by molar-refractivity contribution is 6.42. The fourth-order valence-electron chi connectivity index (χ4n) is 3.82. The summed E-state index contributed by atoms with van der Waals surface area (Å²) in [5.41, 5.74) is 5.66. The highest BCUT2D eigenvalue weighted by Crippen LogP contribution is 2.44. The minimum Gasteiger partial charge on any atom is -0.395 e. The van der Waals surface area contributed by atoms with Gasteiger partial charge in [0.2, 0.25) is 0 Å². The number of aryl methyl sites for hydroxylation is 1. The number of hydrogen-bond acceptors (Lipinski definition) is 5. The second-order valence-electron chi connectivity index (χ2n) is 8.10. The number of anilines is 1. The number of nitrogens with zero attached hydrogens (tertiary/aromatic N) is 4. The quantitative estimate of drug-likeness (QED) is 0.182. The molecule has 0 bridgehead atoms. The minimum atomic E-state index is -1.41. The van der Waals surface area contributed by atoms with Crippen LogP contribution in [0.15, 0.2) is 29.2 Å². The third-order valence-electron chi connectivity index (χ3n) is 5.51. The Kier molecular flexibility index (Phi) is 6.45. The number of halogens is 5. The van der Waals surface area contributed by atoms with Gasteiger partial charge in [0.1, 0.15) is 17.3 Å². The van der Waals surface area contributed by atoms with Crippen LogP contribution >= 0.6 is 34.8 Å². The van der Waals surface area contributed by atoms with Crippen LogP contribution in [0.1, 0.15) is 36.6 Å². The van der Waals surface area contributed by atoms with Crippen molar-refractivity contribution < 1.29 is 8.78 Å². The van der Waals surface area contributed by atoms with Crippen LogP contribution in [-0.4, -0.2) is 14.5 Å². The first-order valence-corrected chi connectivity index (χ1v) is 11.4. The first kappa shape index (κ1) is 24.9. The molecule has 35 heavy (non-hydrogen) atoms. The van der Waals surface area contributed by atoms with Gasteiger partial charge in [-0.05, 0) is 36.6 Å².